The minimum absolute atomic E-state index is 0.134. The van der Waals surface area contributed by atoms with Gasteiger partial charge in [0.2, 0.25) is 0 Å². The van der Waals surface area contributed by atoms with Crippen LogP contribution >= 0.6 is 11.3 Å². The van der Waals surface area contributed by atoms with Crippen molar-refractivity contribution >= 4 is 34.9 Å². The zero-order chi connectivity index (χ0) is 25.5. The Bertz CT molecular complexity index is 1220. The molecule has 1 aromatic heterocycles. The van der Waals surface area contributed by atoms with E-state index in [2.05, 4.69) is 21.7 Å². The number of carbonyl (C=O) groups is 3. The summed E-state index contributed by atoms with van der Waals surface area (Å²) in [5, 5.41) is 8.32. The Kier molecular flexibility index (Phi) is 8.32. The number of carbonyl (C=O) groups excluding carboxylic acids is 3. The molecule has 0 bridgehead atoms. The lowest BCUT2D eigenvalue weighted by Crippen LogP contribution is -2.45. The van der Waals surface area contributed by atoms with Gasteiger partial charge in [-0.25, -0.2) is 9.78 Å². The number of amides is 3. The van der Waals surface area contributed by atoms with E-state index in [0.29, 0.717) is 18.8 Å². The Morgan fingerprint density at radius 1 is 1.11 bits per heavy atom. The molecular formula is C27H30N4O4S. The van der Waals surface area contributed by atoms with E-state index >= 15 is 0 Å². The lowest BCUT2D eigenvalue weighted by atomic mass is 9.98. The maximum absolute atomic E-state index is 13.0. The van der Waals surface area contributed by atoms with Crippen molar-refractivity contribution in [1.82, 2.24) is 15.2 Å². The second-order valence-corrected chi connectivity index (χ2v) is 9.55. The number of urea groups is 1. The van der Waals surface area contributed by atoms with Gasteiger partial charge in [0, 0.05) is 35.6 Å². The third-order valence-electron chi connectivity index (χ3n) is 6.08. The van der Waals surface area contributed by atoms with E-state index in [1.165, 1.54) is 11.3 Å². The van der Waals surface area contributed by atoms with Gasteiger partial charge < -0.3 is 20.3 Å². The average molecular weight is 507 g/mol. The smallest absolute Gasteiger partial charge is 0.325 e. The van der Waals surface area contributed by atoms with E-state index in [1.54, 1.807) is 17.2 Å². The molecule has 0 unspecified atom stereocenters. The number of likely N-dealkylation sites (tertiary alicyclic amines) is 1. The first-order chi connectivity index (χ1) is 17.4. The number of hydrogen-bond acceptors (Lipinski definition) is 6. The van der Waals surface area contributed by atoms with Crippen LogP contribution in [0.3, 0.4) is 0 Å². The number of aromatic nitrogens is 1. The van der Waals surface area contributed by atoms with Crippen molar-refractivity contribution in [3.05, 3.63) is 70.2 Å². The summed E-state index contributed by atoms with van der Waals surface area (Å²) in [6, 6.07) is 15.7. The van der Waals surface area contributed by atoms with E-state index in [-0.39, 0.29) is 31.0 Å². The van der Waals surface area contributed by atoms with Gasteiger partial charge >= 0.3 is 12.0 Å². The van der Waals surface area contributed by atoms with Crippen molar-refractivity contribution in [2.75, 3.05) is 31.6 Å². The zero-order valence-electron chi connectivity index (χ0n) is 20.5. The number of piperidine rings is 1. The highest BCUT2D eigenvalue weighted by molar-refractivity contribution is 7.10. The lowest BCUT2D eigenvalue weighted by Gasteiger charge is -2.31. The van der Waals surface area contributed by atoms with Crippen LogP contribution < -0.4 is 10.6 Å². The van der Waals surface area contributed by atoms with E-state index < -0.39 is 5.97 Å². The van der Waals surface area contributed by atoms with Crippen molar-refractivity contribution in [2.24, 2.45) is 0 Å². The number of aryl methyl sites for hydroxylation is 1. The minimum atomic E-state index is -0.448. The van der Waals surface area contributed by atoms with Crippen molar-refractivity contribution in [3.63, 3.8) is 0 Å². The molecule has 4 rings (SSSR count). The van der Waals surface area contributed by atoms with E-state index in [4.69, 9.17) is 4.74 Å². The predicted octanol–water partition coefficient (Wildman–Crippen LogP) is 4.82. The number of benzene rings is 2. The number of esters is 1. The summed E-state index contributed by atoms with van der Waals surface area (Å²) in [4.78, 5) is 43.1. The largest absolute Gasteiger partial charge is 0.465 e. The predicted molar refractivity (Wildman–Crippen MR) is 140 cm³/mol. The van der Waals surface area contributed by atoms with Crippen LogP contribution in [0, 0.1) is 6.92 Å². The first-order valence-corrected chi connectivity index (χ1v) is 12.9. The zero-order valence-corrected chi connectivity index (χ0v) is 21.3. The van der Waals surface area contributed by atoms with Crippen LogP contribution in [0.5, 0.6) is 0 Å². The van der Waals surface area contributed by atoms with Gasteiger partial charge in [-0.05, 0) is 44.4 Å². The normalized spacial score (nSPS) is 13.8. The first kappa shape index (κ1) is 25.4. The molecule has 0 spiro atoms. The molecule has 0 aliphatic carbocycles. The van der Waals surface area contributed by atoms with Gasteiger partial charge in [-0.15, -0.1) is 11.3 Å². The summed E-state index contributed by atoms with van der Waals surface area (Å²) in [5.41, 5.74) is 4.25. The average Bonchev–Trinajstić information content (AvgIpc) is 3.40. The fourth-order valence-corrected chi connectivity index (χ4v) is 5.16. The third-order valence-corrected chi connectivity index (χ3v) is 7.09. The fraction of sp³-hybridized carbons (Fsp3) is 0.333. The lowest BCUT2D eigenvalue weighted by molar-refractivity contribution is -0.141. The quantitative estimate of drug-likeness (QED) is 0.448. The first-order valence-electron chi connectivity index (χ1n) is 12.1. The molecule has 188 valence electrons. The van der Waals surface area contributed by atoms with Gasteiger partial charge in [0.05, 0.1) is 11.6 Å². The Morgan fingerprint density at radius 3 is 2.58 bits per heavy atom. The molecule has 2 aromatic carbocycles. The van der Waals surface area contributed by atoms with Gasteiger partial charge in [-0.1, -0.05) is 42.0 Å². The third kappa shape index (κ3) is 6.28. The van der Waals surface area contributed by atoms with Crippen LogP contribution in [-0.2, 0) is 9.53 Å². The second-order valence-electron chi connectivity index (χ2n) is 8.67. The summed E-state index contributed by atoms with van der Waals surface area (Å²) in [7, 11) is 0. The Morgan fingerprint density at radius 2 is 1.86 bits per heavy atom. The number of nitrogens with one attached hydrogen (secondary N) is 2. The number of rotatable bonds is 7. The molecule has 1 aliphatic rings. The number of anilines is 1. The molecule has 36 heavy (non-hydrogen) atoms. The highest BCUT2D eigenvalue weighted by Gasteiger charge is 2.26. The highest BCUT2D eigenvalue weighted by atomic mass is 32.1. The Labute approximate surface area is 214 Å². The monoisotopic (exact) mass is 506 g/mol. The molecule has 1 aliphatic heterocycles. The van der Waals surface area contributed by atoms with Crippen LogP contribution in [0.25, 0.3) is 11.1 Å². The molecule has 0 saturated carbocycles. The van der Waals surface area contributed by atoms with Crippen molar-refractivity contribution in [2.45, 2.75) is 32.6 Å². The van der Waals surface area contributed by atoms with Gasteiger partial charge in [-0.3, -0.25) is 9.59 Å². The summed E-state index contributed by atoms with van der Waals surface area (Å²) >= 11 is 1.48. The van der Waals surface area contributed by atoms with E-state index in [0.717, 1.165) is 40.2 Å². The number of thiazole rings is 1. The second kappa shape index (κ2) is 11.8. The molecule has 9 heteroatoms. The molecule has 3 aromatic rings. The minimum Gasteiger partial charge on any atom is -0.465 e. The Balaban J connectivity index is 1.35. The number of ether oxygens (including phenoxy) is 1. The van der Waals surface area contributed by atoms with Gasteiger partial charge in [-0.2, -0.15) is 0 Å². The van der Waals surface area contributed by atoms with Crippen molar-refractivity contribution in [3.8, 4) is 11.1 Å². The van der Waals surface area contributed by atoms with Crippen LogP contribution in [-0.4, -0.2) is 54.0 Å². The topological polar surface area (TPSA) is 101 Å². The van der Waals surface area contributed by atoms with E-state index in [9.17, 15) is 14.4 Å². The van der Waals surface area contributed by atoms with E-state index in [1.807, 2.05) is 49.4 Å². The molecule has 1 fully saturated rings. The maximum Gasteiger partial charge on any atom is 0.325 e. The van der Waals surface area contributed by atoms with Crippen LogP contribution in [0.1, 0.15) is 46.7 Å². The molecular weight excluding hydrogens is 476 g/mol. The highest BCUT2D eigenvalue weighted by Crippen LogP contribution is 2.32. The molecule has 2 N–H and O–H groups in total. The molecule has 0 radical (unpaired) electrons. The Hall–Kier alpha value is -3.72. The standard InChI is InChI=1S/C27H30N4O4S/c1-3-35-24(32)16-28-27(34)31-13-11-20(12-14-31)26-30-23(17-36-26)25(33)29-22-10-9-18(2)15-21(22)19-7-5-4-6-8-19/h4-10,15,17,20H,3,11-14,16H2,1-2H3,(H,28,34)(H,29,33). The summed E-state index contributed by atoms with van der Waals surface area (Å²) in [6.45, 7) is 5.02. The summed E-state index contributed by atoms with van der Waals surface area (Å²) < 4.78 is 4.84. The summed E-state index contributed by atoms with van der Waals surface area (Å²) in [5.74, 6) is -0.505. The molecule has 8 nitrogen and oxygen atoms in total. The van der Waals surface area contributed by atoms with Crippen LogP contribution in [0.4, 0.5) is 10.5 Å². The summed E-state index contributed by atoms with van der Waals surface area (Å²) in [6.07, 6.45) is 1.50. The SMILES string of the molecule is CCOC(=O)CNC(=O)N1CCC(c2nc(C(=O)Nc3ccc(C)cc3-c3ccccc3)cs2)CC1. The molecule has 1 saturated heterocycles. The number of nitrogens with zero attached hydrogens (tertiary/aromatic N) is 2. The maximum atomic E-state index is 13.0. The van der Waals surface area contributed by atoms with Crippen molar-refractivity contribution in [1.29, 1.82) is 0 Å². The van der Waals surface area contributed by atoms with Crippen LogP contribution in [0.2, 0.25) is 0 Å². The fourth-order valence-electron chi connectivity index (χ4n) is 4.19. The van der Waals surface area contributed by atoms with Gasteiger partial charge in [0.15, 0.2) is 0 Å². The van der Waals surface area contributed by atoms with Gasteiger partial charge in [0.1, 0.15) is 12.2 Å². The number of hydrogen-bond donors (Lipinski definition) is 2. The van der Waals surface area contributed by atoms with Crippen LogP contribution in [0.15, 0.2) is 53.9 Å². The molecule has 2 heterocycles. The molecule has 3 amide bonds. The van der Waals surface area contributed by atoms with Crippen molar-refractivity contribution < 1.29 is 19.1 Å². The van der Waals surface area contributed by atoms with Gasteiger partial charge in [0.25, 0.3) is 5.91 Å². The molecule has 0 atom stereocenters.